The van der Waals surface area contributed by atoms with Crippen molar-refractivity contribution >= 4 is 51.0 Å². The Hall–Kier alpha value is -2.14. The van der Waals surface area contributed by atoms with Crippen molar-refractivity contribution in [2.45, 2.75) is 6.92 Å². The van der Waals surface area contributed by atoms with E-state index < -0.39 is 34.6 Å². The normalized spacial score (nSPS) is 17.2. The topological polar surface area (TPSA) is 130 Å². The Bertz CT molecular complexity index is 999. The second-order valence-electron chi connectivity index (χ2n) is 5.45. The second-order valence-corrected chi connectivity index (χ2v) is 7.60. The van der Waals surface area contributed by atoms with Crippen LogP contribution in [0.2, 0.25) is 10.0 Å². The van der Waals surface area contributed by atoms with Crippen LogP contribution in [0, 0.1) is 12.8 Å². The molecule has 3 rings (SSSR count). The highest BCUT2D eigenvalue weighted by atomic mass is 35.5. The van der Waals surface area contributed by atoms with Crippen molar-refractivity contribution in [2.75, 3.05) is 11.9 Å². The molecule has 2 aromatic rings. The summed E-state index contributed by atoms with van der Waals surface area (Å²) in [7, 11) is -4.68. The standard InChI is InChI=1S/C14H11Cl2N3O6S/c1-6-11(12(18-25-6)10-8(15)3-2-4-9(10)16)17-13(20)7-5-19(14(7)21)26(22,23)24/h2-4,7H,5H2,1H3,(H,17,20)(H,22,23,24). The molecule has 1 aromatic heterocycles. The van der Waals surface area contributed by atoms with Crippen LogP contribution in [0.3, 0.4) is 0 Å². The number of carbonyl (C=O) groups excluding carboxylic acids is 2. The van der Waals surface area contributed by atoms with Gasteiger partial charge in [0.25, 0.3) is 5.91 Å². The lowest BCUT2D eigenvalue weighted by molar-refractivity contribution is -0.146. The zero-order valence-corrected chi connectivity index (χ0v) is 15.4. The number of hydrogen-bond acceptors (Lipinski definition) is 6. The number of aryl methyl sites for hydroxylation is 1. The van der Waals surface area contributed by atoms with E-state index >= 15 is 0 Å². The zero-order valence-electron chi connectivity index (χ0n) is 13.1. The van der Waals surface area contributed by atoms with Gasteiger partial charge in [0.05, 0.1) is 16.6 Å². The number of carbonyl (C=O) groups is 2. The highest BCUT2D eigenvalue weighted by Gasteiger charge is 2.48. The highest BCUT2D eigenvalue weighted by molar-refractivity contribution is 7.84. The molecule has 0 spiro atoms. The van der Waals surface area contributed by atoms with Crippen LogP contribution in [0.4, 0.5) is 5.69 Å². The van der Waals surface area contributed by atoms with Crippen LogP contribution < -0.4 is 5.32 Å². The van der Waals surface area contributed by atoms with E-state index in [0.29, 0.717) is 5.56 Å². The Morgan fingerprint density at radius 1 is 1.38 bits per heavy atom. The van der Waals surface area contributed by atoms with Crippen LogP contribution in [0.15, 0.2) is 22.7 Å². The van der Waals surface area contributed by atoms with E-state index in [9.17, 15) is 18.0 Å². The summed E-state index contributed by atoms with van der Waals surface area (Å²) in [6.07, 6.45) is 0. The molecule has 9 nitrogen and oxygen atoms in total. The highest BCUT2D eigenvalue weighted by Crippen LogP contribution is 2.39. The third-order valence-electron chi connectivity index (χ3n) is 3.80. The van der Waals surface area contributed by atoms with Gasteiger partial charge in [0.2, 0.25) is 5.91 Å². The third kappa shape index (κ3) is 3.16. The Morgan fingerprint density at radius 3 is 2.54 bits per heavy atom. The fourth-order valence-electron chi connectivity index (χ4n) is 2.42. The van der Waals surface area contributed by atoms with Crippen LogP contribution in [-0.4, -0.2) is 40.8 Å². The Morgan fingerprint density at radius 2 is 2.00 bits per heavy atom. The molecule has 26 heavy (non-hydrogen) atoms. The first-order chi connectivity index (χ1) is 12.1. The zero-order chi connectivity index (χ0) is 19.2. The predicted octanol–water partition coefficient (Wildman–Crippen LogP) is 2.16. The SMILES string of the molecule is Cc1onc(-c2c(Cl)cccc2Cl)c1NC(=O)C1CN(S(=O)(=O)O)C1=O. The fraction of sp³-hybridized carbons (Fsp3) is 0.214. The quantitative estimate of drug-likeness (QED) is 0.440. The van der Waals surface area contributed by atoms with Crippen LogP contribution in [0.25, 0.3) is 11.3 Å². The number of benzene rings is 1. The number of rotatable bonds is 4. The molecular weight excluding hydrogens is 409 g/mol. The smallest absolute Gasteiger partial charge is 0.359 e. The van der Waals surface area contributed by atoms with Gasteiger partial charge in [0.1, 0.15) is 17.3 Å². The molecule has 12 heteroatoms. The van der Waals surface area contributed by atoms with Gasteiger partial charge in [-0.15, -0.1) is 0 Å². The first kappa shape index (κ1) is 18.6. The molecule has 2 N–H and O–H groups in total. The number of nitrogens with zero attached hydrogens (tertiary/aromatic N) is 2. The number of amides is 2. The van der Waals surface area contributed by atoms with Gasteiger partial charge in [-0.3, -0.25) is 14.1 Å². The monoisotopic (exact) mass is 419 g/mol. The van der Waals surface area contributed by atoms with Crippen molar-refractivity contribution in [3.8, 4) is 11.3 Å². The van der Waals surface area contributed by atoms with Crippen molar-refractivity contribution in [3.05, 3.63) is 34.0 Å². The molecule has 1 aliphatic heterocycles. The van der Waals surface area contributed by atoms with Gasteiger partial charge in [0.15, 0.2) is 5.76 Å². The fourth-order valence-corrected chi connectivity index (χ4v) is 3.69. The van der Waals surface area contributed by atoms with E-state index in [2.05, 4.69) is 10.5 Å². The molecule has 1 aliphatic rings. The maximum atomic E-state index is 12.3. The van der Waals surface area contributed by atoms with Crippen LogP contribution in [-0.2, 0) is 19.9 Å². The molecule has 138 valence electrons. The third-order valence-corrected chi connectivity index (χ3v) is 5.31. The van der Waals surface area contributed by atoms with Crippen molar-refractivity contribution in [1.29, 1.82) is 0 Å². The van der Waals surface area contributed by atoms with Gasteiger partial charge in [-0.05, 0) is 19.1 Å². The summed E-state index contributed by atoms with van der Waals surface area (Å²) >= 11 is 12.3. The molecule has 1 aromatic carbocycles. The predicted molar refractivity (Wildman–Crippen MR) is 92.1 cm³/mol. The minimum Gasteiger partial charge on any atom is -0.359 e. The lowest BCUT2D eigenvalue weighted by atomic mass is 10.0. The van der Waals surface area contributed by atoms with Gasteiger partial charge in [-0.25, -0.2) is 4.31 Å². The molecule has 0 bridgehead atoms. The number of anilines is 1. The van der Waals surface area contributed by atoms with Gasteiger partial charge in [-0.2, -0.15) is 8.42 Å². The van der Waals surface area contributed by atoms with Gasteiger partial charge in [-0.1, -0.05) is 34.4 Å². The second kappa shape index (κ2) is 6.54. The Labute approximate surface area is 157 Å². The summed E-state index contributed by atoms with van der Waals surface area (Å²) in [6, 6.07) is 4.80. The van der Waals surface area contributed by atoms with E-state index in [0.717, 1.165) is 0 Å². The van der Waals surface area contributed by atoms with Gasteiger partial charge >= 0.3 is 10.3 Å². The van der Waals surface area contributed by atoms with E-state index in [1.165, 1.54) is 6.92 Å². The van der Waals surface area contributed by atoms with Gasteiger partial charge in [0, 0.05) is 5.56 Å². The molecule has 1 unspecified atom stereocenters. The molecule has 2 amide bonds. The maximum Gasteiger partial charge on any atom is 0.362 e. The summed E-state index contributed by atoms with van der Waals surface area (Å²) in [6.45, 7) is 1.07. The van der Waals surface area contributed by atoms with Crippen molar-refractivity contribution < 1.29 is 27.1 Å². The van der Waals surface area contributed by atoms with E-state index in [4.69, 9.17) is 32.3 Å². The van der Waals surface area contributed by atoms with E-state index in [1.807, 2.05) is 0 Å². The van der Waals surface area contributed by atoms with E-state index in [1.54, 1.807) is 18.2 Å². The first-order valence-electron chi connectivity index (χ1n) is 7.11. The van der Waals surface area contributed by atoms with Crippen LogP contribution in [0.5, 0.6) is 0 Å². The minimum atomic E-state index is -4.68. The van der Waals surface area contributed by atoms with Crippen molar-refractivity contribution in [1.82, 2.24) is 9.46 Å². The molecule has 1 atom stereocenters. The summed E-state index contributed by atoms with van der Waals surface area (Å²) in [5.74, 6) is -2.83. The van der Waals surface area contributed by atoms with Gasteiger partial charge < -0.3 is 9.84 Å². The van der Waals surface area contributed by atoms with Crippen LogP contribution in [0.1, 0.15) is 5.76 Å². The lowest BCUT2D eigenvalue weighted by Gasteiger charge is -2.33. The molecule has 0 saturated carbocycles. The molecule has 1 fully saturated rings. The summed E-state index contributed by atoms with van der Waals surface area (Å²) in [4.78, 5) is 24.1. The summed E-state index contributed by atoms with van der Waals surface area (Å²) in [5.41, 5.74) is 0.662. The Kier molecular flexibility index (Phi) is 4.69. The molecule has 0 aliphatic carbocycles. The molecular formula is C14H11Cl2N3O6S. The maximum absolute atomic E-state index is 12.3. The average Bonchev–Trinajstić information content (AvgIpc) is 2.85. The first-order valence-corrected chi connectivity index (χ1v) is 9.27. The number of β-lactam (4-membered cyclic amide) rings is 1. The molecule has 0 radical (unpaired) electrons. The number of halogens is 2. The van der Waals surface area contributed by atoms with Crippen LogP contribution >= 0.6 is 23.2 Å². The molecule has 2 heterocycles. The summed E-state index contributed by atoms with van der Waals surface area (Å²) in [5, 5.41) is 6.88. The molecule has 1 saturated heterocycles. The Balaban J connectivity index is 1.88. The number of hydrogen-bond donors (Lipinski definition) is 2. The van der Waals surface area contributed by atoms with Crippen molar-refractivity contribution in [3.63, 3.8) is 0 Å². The minimum absolute atomic E-state index is 0.156. The number of nitrogens with one attached hydrogen (secondary N) is 1. The number of aromatic nitrogens is 1. The lowest BCUT2D eigenvalue weighted by Crippen LogP contribution is -2.58. The summed E-state index contributed by atoms with van der Waals surface area (Å²) < 4.78 is 36.0. The van der Waals surface area contributed by atoms with E-state index in [-0.39, 0.29) is 31.5 Å². The average molecular weight is 420 g/mol. The van der Waals surface area contributed by atoms with Crippen molar-refractivity contribution in [2.24, 2.45) is 5.92 Å². The largest absolute Gasteiger partial charge is 0.362 e.